The Hall–Kier alpha value is -2.00. The molecule has 2 aromatic carbocycles. The van der Waals surface area contributed by atoms with E-state index in [2.05, 4.69) is 5.32 Å². The van der Waals surface area contributed by atoms with Gasteiger partial charge in [0, 0.05) is 40.6 Å². The molecule has 7 nitrogen and oxygen atoms in total. The summed E-state index contributed by atoms with van der Waals surface area (Å²) in [5.74, 6) is -0.439. The number of anilines is 1. The van der Waals surface area contributed by atoms with Crippen molar-refractivity contribution in [2.45, 2.75) is 70.5 Å². The summed E-state index contributed by atoms with van der Waals surface area (Å²) in [4.78, 5) is 28.4. The highest BCUT2D eigenvalue weighted by molar-refractivity contribution is 7.92. The predicted octanol–water partition coefficient (Wildman–Crippen LogP) is 6.06. The second-order valence-corrected chi connectivity index (χ2v) is 12.8. The molecule has 0 spiro atoms. The molecule has 1 aliphatic carbocycles. The van der Waals surface area contributed by atoms with Crippen molar-refractivity contribution in [3.8, 4) is 0 Å². The lowest BCUT2D eigenvalue weighted by molar-refractivity contribution is -0.141. The van der Waals surface area contributed by atoms with Crippen LogP contribution in [0.1, 0.15) is 57.4 Å². The van der Waals surface area contributed by atoms with Crippen molar-refractivity contribution in [3.05, 3.63) is 63.1 Å². The maximum absolute atomic E-state index is 13.6. The van der Waals surface area contributed by atoms with Crippen molar-refractivity contribution < 1.29 is 18.0 Å². The number of carbonyl (C=O) groups excluding carboxylic acids is 2. The minimum atomic E-state index is -3.58. The van der Waals surface area contributed by atoms with Crippen LogP contribution in [0.2, 0.25) is 15.1 Å². The molecule has 3 rings (SSSR count). The molecule has 0 heterocycles. The number of benzene rings is 2. The van der Waals surface area contributed by atoms with Crippen molar-refractivity contribution in [2.75, 3.05) is 17.1 Å². The molecule has 2 amide bonds. The summed E-state index contributed by atoms with van der Waals surface area (Å²) in [5, 5.41) is 4.49. The van der Waals surface area contributed by atoms with Crippen molar-refractivity contribution >= 4 is 62.3 Å². The van der Waals surface area contributed by atoms with Crippen LogP contribution < -0.4 is 9.62 Å². The molecule has 0 aliphatic heterocycles. The molecular weight excluding hydrogens is 569 g/mol. The van der Waals surface area contributed by atoms with Crippen LogP contribution in [0.5, 0.6) is 0 Å². The number of amides is 2. The molecule has 0 bridgehead atoms. The molecular formula is C27H34Cl3N3O4S. The third kappa shape index (κ3) is 8.50. The first-order valence-corrected chi connectivity index (χ1v) is 15.7. The van der Waals surface area contributed by atoms with Crippen molar-refractivity contribution in [1.29, 1.82) is 0 Å². The molecule has 38 heavy (non-hydrogen) atoms. The summed E-state index contributed by atoms with van der Waals surface area (Å²) in [5.41, 5.74) is 1.15. The van der Waals surface area contributed by atoms with Crippen LogP contribution in [0.15, 0.2) is 42.5 Å². The van der Waals surface area contributed by atoms with E-state index in [-0.39, 0.29) is 43.8 Å². The Bertz CT molecular complexity index is 1220. The summed E-state index contributed by atoms with van der Waals surface area (Å²) in [6, 6.07) is 11.0. The van der Waals surface area contributed by atoms with E-state index in [1.54, 1.807) is 47.4 Å². The third-order valence-electron chi connectivity index (χ3n) is 6.71. The van der Waals surface area contributed by atoms with Crippen molar-refractivity contribution in [1.82, 2.24) is 10.2 Å². The van der Waals surface area contributed by atoms with Gasteiger partial charge in [-0.05, 0) is 67.6 Å². The van der Waals surface area contributed by atoms with Gasteiger partial charge in [-0.1, -0.05) is 60.6 Å². The van der Waals surface area contributed by atoms with E-state index >= 15 is 0 Å². The van der Waals surface area contributed by atoms with Crippen LogP contribution in [0.25, 0.3) is 0 Å². The third-order valence-corrected chi connectivity index (χ3v) is 8.74. The van der Waals surface area contributed by atoms with Gasteiger partial charge in [-0.3, -0.25) is 13.9 Å². The SMILES string of the molecule is CC[C@H](C(=O)NC1CCCC1)N(Cc1ccc(Cl)cc1Cl)C(=O)CCCN(c1ccc(Cl)cc1)S(C)(=O)=O. The van der Waals surface area contributed by atoms with E-state index in [4.69, 9.17) is 34.8 Å². The zero-order chi connectivity index (χ0) is 27.9. The number of hydrogen-bond acceptors (Lipinski definition) is 4. The predicted molar refractivity (Wildman–Crippen MR) is 154 cm³/mol. The maximum atomic E-state index is 13.6. The highest BCUT2D eigenvalue weighted by Crippen LogP contribution is 2.26. The number of hydrogen-bond donors (Lipinski definition) is 1. The van der Waals surface area contributed by atoms with Gasteiger partial charge in [0.05, 0.1) is 11.9 Å². The molecule has 0 radical (unpaired) electrons. The van der Waals surface area contributed by atoms with Gasteiger partial charge in [0.1, 0.15) is 6.04 Å². The molecule has 1 N–H and O–H groups in total. The maximum Gasteiger partial charge on any atom is 0.243 e. The summed E-state index contributed by atoms with van der Waals surface area (Å²) in [6.07, 6.45) is 5.90. The van der Waals surface area contributed by atoms with Gasteiger partial charge in [0.2, 0.25) is 21.8 Å². The Morgan fingerprint density at radius 2 is 1.66 bits per heavy atom. The fourth-order valence-corrected chi connectivity index (χ4v) is 6.29. The van der Waals surface area contributed by atoms with Crippen LogP contribution >= 0.6 is 34.8 Å². The van der Waals surface area contributed by atoms with E-state index in [0.29, 0.717) is 32.7 Å². The van der Waals surface area contributed by atoms with Gasteiger partial charge in [-0.2, -0.15) is 0 Å². The zero-order valence-electron chi connectivity index (χ0n) is 21.6. The van der Waals surface area contributed by atoms with E-state index in [1.165, 1.54) is 4.31 Å². The first kappa shape index (κ1) is 30.5. The van der Waals surface area contributed by atoms with Crippen LogP contribution in [0, 0.1) is 0 Å². The molecule has 1 saturated carbocycles. The number of nitrogens with zero attached hydrogens (tertiary/aromatic N) is 2. The average Bonchev–Trinajstić information content (AvgIpc) is 3.36. The normalized spacial score (nSPS) is 14.8. The quantitative estimate of drug-likeness (QED) is 0.320. The van der Waals surface area contributed by atoms with Gasteiger partial charge in [-0.25, -0.2) is 8.42 Å². The molecule has 1 atom stereocenters. The molecule has 0 aromatic heterocycles. The Kier molecular flexibility index (Phi) is 11.2. The van der Waals surface area contributed by atoms with Crippen molar-refractivity contribution in [2.24, 2.45) is 0 Å². The van der Waals surface area contributed by atoms with Crippen LogP contribution in [-0.2, 0) is 26.2 Å². The number of rotatable bonds is 12. The summed E-state index contributed by atoms with van der Waals surface area (Å²) in [6.45, 7) is 2.11. The minimum absolute atomic E-state index is 0.0536. The molecule has 1 fully saturated rings. The van der Waals surface area contributed by atoms with E-state index in [0.717, 1.165) is 31.9 Å². The average molecular weight is 603 g/mol. The van der Waals surface area contributed by atoms with Crippen molar-refractivity contribution in [3.63, 3.8) is 0 Å². The fourth-order valence-electron chi connectivity index (χ4n) is 4.73. The summed E-state index contributed by atoms with van der Waals surface area (Å²) in [7, 11) is -3.58. The van der Waals surface area contributed by atoms with E-state index in [9.17, 15) is 18.0 Å². The number of sulfonamides is 1. The molecule has 0 unspecified atom stereocenters. The van der Waals surface area contributed by atoms with Gasteiger partial charge in [0.25, 0.3) is 0 Å². The fraction of sp³-hybridized carbons (Fsp3) is 0.481. The molecule has 208 valence electrons. The topological polar surface area (TPSA) is 86.8 Å². The highest BCUT2D eigenvalue weighted by Gasteiger charge is 2.31. The zero-order valence-corrected chi connectivity index (χ0v) is 24.7. The Labute approximate surface area is 240 Å². The molecule has 11 heteroatoms. The Balaban J connectivity index is 1.78. The first-order valence-electron chi connectivity index (χ1n) is 12.8. The first-order chi connectivity index (χ1) is 18.0. The van der Waals surface area contributed by atoms with Gasteiger partial charge in [-0.15, -0.1) is 0 Å². The van der Waals surface area contributed by atoms with Crippen LogP contribution in [-0.4, -0.2) is 50.0 Å². The second kappa shape index (κ2) is 13.9. The number of nitrogens with one attached hydrogen (secondary N) is 1. The highest BCUT2D eigenvalue weighted by atomic mass is 35.5. The minimum Gasteiger partial charge on any atom is -0.352 e. The molecule has 1 aliphatic rings. The molecule has 2 aromatic rings. The lowest BCUT2D eigenvalue weighted by Gasteiger charge is -2.32. The Morgan fingerprint density at radius 3 is 2.24 bits per heavy atom. The monoisotopic (exact) mass is 601 g/mol. The lowest BCUT2D eigenvalue weighted by Crippen LogP contribution is -2.51. The summed E-state index contributed by atoms with van der Waals surface area (Å²) >= 11 is 18.4. The molecule has 0 saturated heterocycles. The number of halogens is 3. The van der Waals surface area contributed by atoms with Crippen LogP contribution in [0.3, 0.4) is 0 Å². The van der Waals surface area contributed by atoms with Gasteiger partial charge in [0.15, 0.2) is 0 Å². The largest absolute Gasteiger partial charge is 0.352 e. The summed E-state index contributed by atoms with van der Waals surface area (Å²) < 4.78 is 26.2. The van der Waals surface area contributed by atoms with E-state index < -0.39 is 16.1 Å². The van der Waals surface area contributed by atoms with E-state index in [1.807, 2.05) is 6.92 Å². The number of carbonyl (C=O) groups is 2. The standard InChI is InChI=1S/C27H34Cl3N3O4S/c1-3-25(27(35)31-22-7-4-5-8-22)32(18-19-10-11-21(29)17-24(19)30)26(34)9-6-16-33(38(2,36)37)23-14-12-20(28)13-15-23/h10-15,17,22,25H,3-9,16,18H2,1-2H3,(H,31,35)/t25-/m1/s1. The smallest absolute Gasteiger partial charge is 0.243 e. The van der Waals surface area contributed by atoms with Gasteiger partial charge < -0.3 is 10.2 Å². The Morgan fingerprint density at radius 1 is 1.03 bits per heavy atom. The van der Waals surface area contributed by atoms with Crippen LogP contribution in [0.4, 0.5) is 5.69 Å². The lowest BCUT2D eigenvalue weighted by atomic mass is 10.1. The second-order valence-electron chi connectivity index (χ2n) is 9.59. The van der Waals surface area contributed by atoms with Gasteiger partial charge >= 0.3 is 0 Å².